The van der Waals surface area contributed by atoms with Crippen molar-refractivity contribution in [1.29, 1.82) is 0 Å². The van der Waals surface area contributed by atoms with Crippen LogP contribution in [0.3, 0.4) is 0 Å². The lowest BCUT2D eigenvalue weighted by Crippen LogP contribution is -2.51. The van der Waals surface area contributed by atoms with Gasteiger partial charge in [-0.2, -0.15) is 17.4 Å². The van der Waals surface area contributed by atoms with E-state index in [1.165, 1.54) is 14.1 Å². The Bertz CT molecular complexity index is 454. The highest BCUT2D eigenvalue weighted by atomic mass is 32.2. The molecule has 1 atom stereocenters. The fraction of sp³-hybridized carbons (Fsp3) is 0.800. The van der Waals surface area contributed by atoms with Crippen molar-refractivity contribution in [3.63, 3.8) is 0 Å². The van der Waals surface area contributed by atoms with E-state index < -0.39 is 40.5 Å². The van der Waals surface area contributed by atoms with E-state index >= 15 is 0 Å². The van der Waals surface area contributed by atoms with Crippen molar-refractivity contribution < 1.29 is 27.9 Å². The molecule has 3 N–H and O–H groups in total. The van der Waals surface area contributed by atoms with E-state index in [4.69, 9.17) is 9.84 Å². The minimum absolute atomic E-state index is 0.433. The summed E-state index contributed by atoms with van der Waals surface area (Å²) in [5.74, 6) is -1.41. The topological polar surface area (TPSA) is 125 Å². The predicted molar refractivity (Wildman–Crippen MR) is 71.4 cm³/mol. The molecule has 0 spiro atoms. The summed E-state index contributed by atoms with van der Waals surface area (Å²) in [6.07, 6.45) is -0.826. The minimum atomic E-state index is -3.92. The zero-order chi connectivity index (χ0) is 16.1. The van der Waals surface area contributed by atoms with E-state index in [-0.39, 0.29) is 0 Å². The average molecular weight is 311 g/mol. The molecular weight excluding hydrogens is 290 g/mol. The van der Waals surface area contributed by atoms with Gasteiger partial charge in [-0.25, -0.2) is 4.79 Å². The molecule has 9 nitrogen and oxygen atoms in total. The van der Waals surface area contributed by atoms with Crippen molar-refractivity contribution in [2.45, 2.75) is 32.4 Å². The van der Waals surface area contributed by atoms with Crippen LogP contribution in [0.15, 0.2) is 0 Å². The van der Waals surface area contributed by atoms with Gasteiger partial charge in [-0.3, -0.25) is 4.79 Å². The highest BCUT2D eigenvalue weighted by molar-refractivity contribution is 7.87. The van der Waals surface area contributed by atoms with Crippen LogP contribution in [0.4, 0.5) is 4.79 Å². The second kappa shape index (κ2) is 6.86. The first kappa shape index (κ1) is 18.6. The lowest BCUT2D eigenvalue weighted by molar-refractivity contribution is -0.138. The number of hydrogen-bond acceptors (Lipinski definition) is 5. The highest BCUT2D eigenvalue weighted by Crippen LogP contribution is 2.06. The minimum Gasteiger partial charge on any atom is -0.480 e. The summed E-state index contributed by atoms with van der Waals surface area (Å²) >= 11 is 0. The quantitative estimate of drug-likeness (QED) is 0.599. The molecule has 0 heterocycles. The Hall–Kier alpha value is -1.39. The number of carbonyl (C=O) groups excluding carboxylic acids is 1. The van der Waals surface area contributed by atoms with E-state index in [1.807, 2.05) is 4.72 Å². The normalized spacial score (nSPS) is 13.9. The van der Waals surface area contributed by atoms with Crippen LogP contribution in [0, 0.1) is 0 Å². The first-order chi connectivity index (χ1) is 8.85. The van der Waals surface area contributed by atoms with Gasteiger partial charge in [0.1, 0.15) is 11.6 Å². The zero-order valence-electron chi connectivity index (χ0n) is 12.1. The fourth-order valence-electron chi connectivity index (χ4n) is 0.964. The molecule has 118 valence electrons. The Morgan fingerprint density at radius 2 is 1.80 bits per heavy atom. The molecule has 0 aromatic carbocycles. The first-order valence-electron chi connectivity index (χ1n) is 5.74. The maximum Gasteiger partial charge on any atom is 0.407 e. The number of carboxylic acid groups (broad SMARTS) is 1. The average Bonchev–Trinajstić information content (AvgIpc) is 2.20. The molecule has 0 bridgehead atoms. The number of ether oxygens (including phenoxy) is 1. The number of nitrogens with one attached hydrogen (secondary N) is 2. The second-order valence-corrected chi connectivity index (χ2v) is 7.10. The summed E-state index contributed by atoms with van der Waals surface area (Å²) in [5.41, 5.74) is -0.730. The third-order valence-electron chi connectivity index (χ3n) is 1.92. The number of carboxylic acids is 1. The Labute approximate surface area is 118 Å². The van der Waals surface area contributed by atoms with Gasteiger partial charge in [0.25, 0.3) is 10.2 Å². The molecule has 0 aromatic heterocycles. The van der Waals surface area contributed by atoms with Crippen LogP contribution >= 0.6 is 0 Å². The van der Waals surface area contributed by atoms with Crippen LogP contribution in [0.5, 0.6) is 0 Å². The van der Waals surface area contributed by atoms with Gasteiger partial charge >= 0.3 is 12.1 Å². The van der Waals surface area contributed by atoms with Crippen molar-refractivity contribution in [3.8, 4) is 0 Å². The molecule has 0 aliphatic carbocycles. The second-order valence-electron chi connectivity index (χ2n) is 5.18. The van der Waals surface area contributed by atoms with Gasteiger partial charge in [-0.1, -0.05) is 0 Å². The maximum atomic E-state index is 11.5. The van der Waals surface area contributed by atoms with Crippen LogP contribution < -0.4 is 10.0 Å². The van der Waals surface area contributed by atoms with Crippen molar-refractivity contribution in [1.82, 2.24) is 14.3 Å². The molecule has 0 aliphatic heterocycles. The first-order valence-corrected chi connectivity index (χ1v) is 7.18. The number of rotatable bonds is 6. The van der Waals surface area contributed by atoms with Crippen LogP contribution in [0.25, 0.3) is 0 Å². The lowest BCUT2D eigenvalue weighted by atomic mass is 10.2. The Balaban J connectivity index is 4.60. The molecule has 0 aliphatic rings. The molecule has 0 radical (unpaired) electrons. The number of hydrogen-bond donors (Lipinski definition) is 3. The fourth-order valence-corrected chi connectivity index (χ4v) is 1.72. The van der Waals surface area contributed by atoms with Gasteiger partial charge in [-0.05, 0) is 20.8 Å². The Morgan fingerprint density at radius 3 is 2.15 bits per heavy atom. The number of alkyl carbamates (subject to hydrolysis) is 1. The van der Waals surface area contributed by atoms with Gasteiger partial charge < -0.3 is 15.2 Å². The zero-order valence-corrected chi connectivity index (χ0v) is 12.9. The molecular formula is C10H21N3O6S. The monoisotopic (exact) mass is 311 g/mol. The standard InChI is InChI=1S/C10H21N3O6S/c1-10(2,3)19-9(16)11-6-7(8(14)15)12-20(17,18)13(4)5/h7,12H,6H2,1-5H3,(H,11,16)(H,14,15)/t7-/m0/s1. The number of carbonyl (C=O) groups is 2. The smallest absolute Gasteiger partial charge is 0.407 e. The molecule has 0 fully saturated rings. The summed E-state index contributed by atoms with van der Waals surface area (Å²) in [7, 11) is -1.41. The maximum absolute atomic E-state index is 11.5. The summed E-state index contributed by atoms with van der Waals surface area (Å²) in [6, 6.07) is -1.49. The number of nitrogens with zero attached hydrogens (tertiary/aromatic N) is 1. The summed E-state index contributed by atoms with van der Waals surface area (Å²) in [5, 5.41) is 11.1. The highest BCUT2D eigenvalue weighted by Gasteiger charge is 2.26. The van der Waals surface area contributed by atoms with Gasteiger partial charge in [0, 0.05) is 20.6 Å². The molecule has 0 saturated heterocycles. The van der Waals surface area contributed by atoms with Crippen molar-refractivity contribution in [2.24, 2.45) is 0 Å². The SMILES string of the molecule is CN(C)S(=O)(=O)N[C@@H](CNC(=O)OC(C)(C)C)C(=O)O. The van der Waals surface area contributed by atoms with Gasteiger partial charge in [0.05, 0.1) is 0 Å². The van der Waals surface area contributed by atoms with Gasteiger partial charge in [0.15, 0.2) is 0 Å². The van der Waals surface area contributed by atoms with Crippen molar-refractivity contribution >= 4 is 22.3 Å². The molecule has 0 saturated carbocycles. The molecule has 1 amide bonds. The summed E-state index contributed by atoms with van der Waals surface area (Å²) in [4.78, 5) is 22.3. The third kappa shape index (κ3) is 7.26. The molecule has 0 aromatic rings. The number of amides is 1. The summed E-state index contributed by atoms with van der Waals surface area (Å²) < 4.78 is 30.7. The third-order valence-corrected chi connectivity index (χ3v) is 3.46. The van der Waals surface area contributed by atoms with Crippen LogP contribution in [0.2, 0.25) is 0 Å². The van der Waals surface area contributed by atoms with Gasteiger partial charge in [0.2, 0.25) is 0 Å². The molecule has 0 unspecified atom stereocenters. The van der Waals surface area contributed by atoms with E-state index in [9.17, 15) is 18.0 Å². The molecule has 0 rings (SSSR count). The van der Waals surface area contributed by atoms with Crippen LogP contribution in [-0.2, 0) is 19.7 Å². The lowest BCUT2D eigenvalue weighted by Gasteiger charge is -2.21. The molecule has 20 heavy (non-hydrogen) atoms. The largest absolute Gasteiger partial charge is 0.480 e. The Kier molecular flexibility index (Phi) is 6.38. The number of aliphatic carboxylic acids is 1. The van der Waals surface area contributed by atoms with Gasteiger partial charge in [-0.15, -0.1) is 0 Å². The van der Waals surface area contributed by atoms with Crippen LogP contribution in [-0.4, -0.2) is 62.2 Å². The van der Waals surface area contributed by atoms with Crippen molar-refractivity contribution in [3.05, 3.63) is 0 Å². The van der Waals surface area contributed by atoms with E-state index in [1.54, 1.807) is 20.8 Å². The van der Waals surface area contributed by atoms with Crippen LogP contribution in [0.1, 0.15) is 20.8 Å². The summed E-state index contributed by atoms with van der Waals surface area (Å²) in [6.45, 7) is 4.51. The molecule has 10 heteroatoms. The Morgan fingerprint density at radius 1 is 1.30 bits per heavy atom. The predicted octanol–water partition coefficient (Wildman–Crippen LogP) is -0.640. The van der Waals surface area contributed by atoms with E-state index in [0.717, 1.165) is 4.31 Å². The van der Waals surface area contributed by atoms with E-state index in [0.29, 0.717) is 0 Å². The van der Waals surface area contributed by atoms with E-state index in [2.05, 4.69) is 5.32 Å². The van der Waals surface area contributed by atoms with Crippen molar-refractivity contribution in [2.75, 3.05) is 20.6 Å².